The molecule has 108 valence electrons. The molecule has 4 heteroatoms. The fourth-order valence-electron chi connectivity index (χ4n) is 1.29. The maximum atomic E-state index is 9.77. The molecular weight excluding hydrogens is 242 g/mol. The van der Waals surface area contributed by atoms with E-state index < -0.39 is 6.10 Å². The van der Waals surface area contributed by atoms with Gasteiger partial charge in [-0.15, -0.1) is 0 Å². The molecule has 0 spiro atoms. The molecule has 0 saturated carbocycles. The minimum absolute atomic E-state index is 0.222. The Hall–Kier alpha value is -1.55. The first-order valence-electron chi connectivity index (χ1n) is 6.42. The van der Waals surface area contributed by atoms with Gasteiger partial charge in [0.2, 0.25) is 0 Å². The smallest absolute Gasteiger partial charge is 0.132 e. The quantitative estimate of drug-likeness (QED) is 0.397. The molecule has 0 aliphatic rings. The van der Waals surface area contributed by atoms with Crippen LogP contribution in [0.4, 0.5) is 0 Å². The average Bonchev–Trinajstić information content (AvgIpc) is 2.42. The third-order valence-electron chi connectivity index (χ3n) is 2.42. The van der Waals surface area contributed by atoms with E-state index in [1.165, 1.54) is 0 Å². The molecule has 0 rings (SSSR count). The number of nitrogens with zero attached hydrogens (tertiary/aromatic N) is 1. The number of rotatable bonds is 9. The van der Waals surface area contributed by atoms with Crippen LogP contribution in [-0.4, -0.2) is 37.2 Å². The zero-order chi connectivity index (χ0) is 14.7. The molecule has 0 aromatic heterocycles. The summed E-state index contributed by atoms with van der Waals surface area (Å²) in [5.74, 6) is 1.30. The minimum Gasteiger partial charge on any atom is -0.495 e. The van der Waals surface area contributed by atoms with Crippen molar-refractivity contribution < 1.29 is 14.6 Å². The number of methoxy groups -OCH3 is 1. The van der Waals surface area contributed by atoms with Gasteiger partial charge in [0.25, 0.3) is 0 Å². The first-order chi connectivity index (χ1) is 9.04. The van der Waals surface area contributed by atoms with Gasteiger partial charge in [0, 0.05) is 0 Å². The zero-order valence-corrected chi connectivity index (χ0v) is 12.3. The molecule has 4 nitrogen and oxygen atoms in total. The average molecular weight is 267 g/mol. The zero-order valence-electron chi connectivity index (χ0n) is 12.3. The molecule has 1 unspecified atom stereocenters. The van der Waals surface area contributed by atoms with Crippen molar-refractivity contribution in [2.24, 2.45) is 4.99 Å². The van der Waals surface area contributed by atoms with E-state index in [-0.39, 0.29) is 13.2 Å². The van der Waals surface area contributed by atoms with Crippen LogP contribution < -0.4 is 0 Å². The Balaban J connectivity index is 4.20. The highest BCUT2D eigenvalue weighted by Crippen LogP contribution is 2.03. The Kier molecular flexibility index (Phi) is 9.53. The van der Waals surface area contributed by atoms with Crippen molar-refractivity contribution in [3.8, 4) is 0 Å². The predicted molar refractivity (Wildman–Crippen MR) is 79.3 cm³/mol. The molecule has 0 aliphatic carbocycles. The van der Waals surface area contributed by atoms with Crippen LogP contribution in [0, 0.1) is 0 Å². The van der Waals surface area contributed by atoms with Crippen LogP contribution in [0.2, 0.25) is 0 Å². The molecule has 0 aromatic carbocycles. The summed E-state index contributed by atoms with van der Waals surface area (Å²) >= 11 is 0. The normalized spacial score (nSPS) is 14.6. The maximum absolute atomic E-state index is 9.77. The second-order valence-electron chi connectivity index (χ2n) is 4.04. The lowest BCUT2D eigenvalue weighted by atomic mass is 10.2. The van der Waals surface area contributed by atoms with Gasteiger partial charge in [-0.05, 0) is 26.3 Å². The molecule has 0 saturated heterocycles. The minimum atomic E-state index is -0.639. The van der Waals surface area contributed by atoms with Gasteiger partial charge in [0.05, 0.1) is 25.1 Å². The number of hydrogen-bond donors (Lipinski definition) is 1. The van der Waals surface area contributed by atoms with Crippen molar-refractivity contribution in [1.29, 1.82) is 0 Å². The molecule has 0 heterocycles. The third-order valence-corrected chi connectivity index (χ3v) is 2.42. The van der Waals surface area contributed by atoms with Gasteiger partial charge >= 0.3 is 0 Å². The Labute approximate surface area is 116 Å². The molecular formula is C15H25NO3. The fraction of sp³-hybridized carbons (Fsp3) is 0.533. The fourth-order valence-corrected chi connectivity index (χ4v) is 1.29. The summed E-state index contributed by atoms with van der Waals surface area (Å²) < 4.78 is 10.4. The van der Waals surface area contributed by atoms with Crippen molar-refractivity contribution in [2.45, 2.75) is 33.3 Å². The maximum Gasteiger partial charge on any atom is 0.132 e. The lowest BCUT2D eigenvalue weighted by molar-refractivity contribution is 0.0780. The van der Waals surface area contributed by atoms with Crippen LogP contribution in [0.15, 0.2) is 41.3 Å². The Morgan fingerprint density at radius 2 is 2.16 bits per heavy atom. The van der Waals surface area contributed by atoms with Crippen LogP contribution in [0.5, 0.6) is 0 Å². The summed E-state index contributed by atoms with van der Waals surface area (Å²) in [6.07, 6.45) is 5.73. The van der Waals surface area contributed by atoms with Crippen LogP contribution >= 0.6 is 0 Å². The van der Waals surface area contributed by atoms with E-state index in [0.29, 0.717) is 5.76 Å². The van der Waals surface area contributed by atoms with Gasteiger partial charge in [-0.3, -0.25) is 4.99 Å². The Morgan fingerprint density at radius 3 is 2.68 bits per heavy atom. The molecule has 19 heavy (non-hydrogen) atoms. The van der Waals surface area contributed by atoms with Crippen molar-refractivity contribution in [2.75, 3.05) is 20.3 Å². The van der Waals surface area contributed by atoms with Crippen LogP contribution in [0.25, 0.3) is 0 Å². The second kappa shape index (κ2) is 10.4. The Morgan fingerprint density at radius 1 is 1.47 bits per heavy atom. The van der Waals surface area contributed by atoms with Gasteiger partial charge in [-0.2, -0.15) is 0 Å². The number of hydrogen-bond acceptors (Lipinski definition) is 4. The first kappa shape index (κ1) is 17.4. The molecule has 0 aromatic rings. The number of allylic oxidation sites excluding steroid dienone is 5. The number of aliphatic hydroxyl groups excluding tert-OH is 1. The van der Waals surface area contributed by atoms with E-state index >= 15 is 0 Å². The van der Waals surface area contributed by atoms with E-state index in [2.05, 4.69) is 11.6 Å². The number of ether oxygens (including phenoxy) is 2. The molecule has 1 N–H and O–H groups in total. The summed E-state index contributed by atoms with van der Waals surface area (Å²) in [5.41, 5.74) is 0.766. The topological polar surface area (TPSA) is 51.0 Å². The molecule has 0 amide bonds. The van der Waals surface area contributed by atoms with Gasteiger partial charge in [0.1, 0.15) is 18.5 Å². The number of aliphatic hydroxyl groups is 1. The summed E-state index contributed by atoms with van der Waals surface area (Å²) in [6.45, 7) is 10.00. The highest BCUT2D eigenvalue weighted by Gasteiger charge is 2.07. The third kappa shape index (κ3) is 8.21. The molecule has 0 aliphatic heterocycles. The van der Waals surface area contributed by atoms with E-state index in [1.807, 2.05) is 39.0 Å². The lowest BCUT2D eigenvalue weighted by Crippen LogP contribution is -2.19. The van der Waals surface area contributed by atoms with Crippen molar-refractivity contribution in [3.05, 3.63) is 36.3 Å². The monoisotopic (exact) mass is 267 g/mol. The van der Waals surface area contributed by atoms with Gasteiger partial charge in [0.15, 0.2) is 0 Å². The molecule has 1 atom stereocenters. The van der Waals surface area contributed by atoms with Crippen molar-refractivity contribution in [1.82, 2.24) is 0 Å². The summed E-state index contributed by atoms with van der Waals surface area (Å²) in [7, 11) is 1.56. The largest absolute Gasteiger partial charge is 0.495 e. The van der Waals surface area contributed by atoms with Crippen molar-refractivity contribution in [3.63, 3.8) is 0 Å². The highest BCUT2D eigenvalue weighted by molar-refractivity contribution is 5.97. The number of aliphatic imine (C=N–C) groups is 1. The SMILES string of the molecule is C=C(OC)C(CC)=NCC(O)COC(C)=CC=CC. The summed E-state index contributed by atoms with van der Waals surface area (Å²) in [6, 6.07) is 0. The lowest BCUT2D eigenvalue weighted by Gasteiger charge is -2.12. The molecule has 0 bridgehead atoms. The summed E-state index contributed by atoms with van der Waals surface area (Å²) in [5, 5.41) is 9.77. The standard InChI is InChI=1S/C15H25NO3/c1-6-8-9-12(3)19-11-14(17)10-16-15(7-2)13(4)18-5/h6,8-9,14,17H,4,7,10-11H2,1-3,5H3. The first-order valence-corrected chi connectivity index (χ1v) is 6.42. The van der Waals surface area contributed by atoms with Gasteiger partial charge in [-0.25, -0.2) is 0 Å². The van der Waals surface area contributed by atoms with E-state index in [4.69, 9.17) is 9.47 Å². The van der Waals surface area contributed by atoms with E-state index in [9.17, 15) is 5.11 Å². The van der Waals surface area contributed by atoms with Crippen LogP contribution in [-0.2, 0) is 9.47 Å². The van der Waals surface area contributed by atoms with Crippen molar-refractivity contribution >= 4 is 5.71 Å². The predicted octanol–water partition coefficient (Wildman–Crippen LogP) is 2.85. The second-order valence-corrected chi connectivity index (χ2v) is 4.04. The van der Waals surface area contributed by atoms with Gasteiger partial charge in [-0.1, -0.05) is 25.7 Å². The van der Waals surface area contributed by atoms with E-state index in [1.54, 1.807) is 7.11 Å². The van der Waals surface area contributed by atoms with Gasteiger partial charge < -0.3 is 14.6 Å². The molecule has 0 fully saturated rings. The van der Waals surface area contributed by atoms with Crippen LogP contribution in [0.1, 0.15) is 27.2 Å². The summed E-state index contributed by atoms with van der Waals surface area (Å²) in [4.78, 5) is 4.28. The Bertz CT molecular complexity index is 356. The van der Waals surface area contributed by atoms with E-state index in [0.717, 1.165) is 17.9 Å². The highest BCUT2D eigenvalue weighted by atomic mass is 16.5. The molecule has 0 radical (unpaired) electrons. The van der Waals surface area contributed by atoms with Crippen LogP contribution in [0.3, 0.4) is 0 Å².